The second-order valence-electron chi connectivity index (χ2n) is 1.19. The monoisotopic (exact) mass is 114 g/mol. The first-order valence-corrected chi connectivity index (χ1v) is 1.91. The van der Waals surface area contributed by atoms with Gasteiger partial charge in [0.05, 0.1) is 11.8 Å². The van der Waals surface area contributed by atoms with Crippen molar-refractivity contribution in [3.63, 3.8) is 0 Å². The minimum absolute atomic E-state index is 0.273. The Balaban J connectivity index is 3.15. The number of aromatic carboxylic acids is 1. The van der Waals surface area contributed by atoms with Crippen molar-refractivity contribution in [1.29, 1.82) is 0 Å². The highest BCUT2D eigenvalue weighted by Gasteiger charge is 2.00. The van der Waals surface area contributed by atoms with Crippen molar-refractivity contribution in [3.05, 3.63) is 24.1 Å². The van der Waals surface area contributed by atoms with Crippen LogP contribution in [0.25, 0.3) is 0 Å². The fourth-order valence-electron chi connectivity index (χ4n) is 0.308. The van der Waals surface area contributed by atoms with Crippen molar-refractivity contribution in [3.8, 4) is 0 Å². The van der Waals surface area contributed by atoms with Gasteiger partial charge < -0.3 is 9.52 Å². The molecule has 0 unspecified atom stereocenters. The third kappa shape index (κ3) is 0.703. The number of hydrogen-bond acceptors (Lipinski definition) is 2. The van der Waals surface area contributed by atoms with Crippen LogP contribution in [0.1, 0.15) is 13.1 Å². The molecule has 1 N–H and O–H groups in total. The van der Waals surface area contributed by atoms with Gasteiger partial charge in [0.2, 0.25) is 0 Å². The average Bonchev–Trinajstić information content (AvgIpc) is 2.10. The molecule has 3 heteroatoms. The minimum Gasteiger partial charge on any atom is -0.478 e. The zero-order valence-corrected chi connectivity index (χ0v) is 3.84. The predicted molar refractivity (Wildman–Crippen MR) is 25.7 cm³/mol. The Kier molecular flexibility index (Phi) is 0.617. The van der Waals surface area contributed by atoms with E-state index in [4.69, 9.17) is 7.85 Å². The van der Waals surface area contributed by atoms with Gasteiger partial charge in [-0.3, -0.25) is 0 Å². The van der Waals surface area contributed by atoms with Crippen LogP contribution < -0.4 is 0 Å². The molecule has 1 heterocycles. The molecule has 0 aliphatic heterocycles. The number of furan rings is 1. The van der Waals surface area contributed by atoms with E-state index in [1.54, 1.807) is 0 Å². The summed E-state index contributed by atoms with van der Waals surface area (Å²) >= 11 is 0. The van der Waals surface area contributed by atoms with Crippen LogP contribution in [0.15, 0.2) is 23.0 Å². The van der Waals surface area contributed by atoms with Crippen LogP contribution >= 0.6 is 0 Å². The summed E-state index contributed by atoms with van der Waals surface area (Å²) in [7, 11) is 0. The topological polar surface area (TPSA) is 50.4 Å². The fraction of sp³-hybridized carbons (Fsp3) is 0. The van der Waals surface area contributed by atoms with E-state index in [1.165, 1.54) is 0 Å². The van der Waals surface area contributed by atoms with Gasteiger partial charge in [0.25, 0.3) is 0 Å². The van der Waals surface area contributed by atoms with E-state index in [9.17, 15) is 4.79 Å². The lowest BCUT2D eigenvalue weighted by atomic mass is 10.4. The van der Waals surface area contributed by atoms with Crippen LogP contribution in [0.3, 0.4) is 0 Å². The molecule has 0 aromatic carbocycles. The third-order valence-corrected chi connectivity index (χ3v) is 0.654. The zero-order valence-electron chi connectivity index (χ0n) is 5.84. The summed E-state index contributed by atoms with van der Waals surface area (Å²) in [6.45, 7) is 0. The second kappa shape index (κ2) is 1.69. The standard InChI is InChI=1S/C5H4O3/c6-5(7)4-1-2-8-3-4/h1-3H,(H,6,7)/i2D,3D. The molecule has 0 radical (unpaired) electrons. The molecule has 0 atom stereocenters. The third-order valence-electron chi connectivity index (χ3n) is 0.654. The van der Waals surface area contributed by atoms with Gasteiger partial charge in [-0.1, -0.05) is 0 Å². The summed E-state index contributed by atoms with van der Waals surface area (Å²) < 4.78 is 18.0. The van der Waals surface area contributed by atoms with Crippen LogP contribution in [0.5, 0.6) is 0 Å². The van der Waals surface area contributed by atoms with Crippen molar-refractivity contribution >= 4 is 5.97 Å². The van der Waals surface area contributed by atoms with Gasteiger partial charge in [-0.05, 0) is 6.07 Å². The number of hydrogen-bond donors (Lipinski definition) is 1. The SMILES string of the molecule is [2H]c1cc(C(=O)O)c([2H])o1. The molecule has 0 aliphatic rings. The Morgan fingerprint density at radius 2 is 2.75 bits per heavy atom. The molecule has 0 saturated heterocycles. The van der Waals surface area contributed by atoms with Gasteiger partial charge in [0.15, 0.2) is 0 Å². The molecule has 1 rings (SSSR count). The first-order chi connectivity index (χ1) is 4.61. The molecule has 3 nitrogen and oxygen atoms in total. The van der Waals surface area contributed by atoms with Gasteiger partial charge in [-0.2, -0.15) is 0 Å². The molecule has 1 aromatic heterocycles. The van der Waals surface area contributed by atoms with Crippen molar-refractivity contribution in [2.24, 2.45) is 0 Å². The number of carboxylic acid groups (broad SMARTS) is 1. The van der Waals surface area contributed by atoms with E-state index in [2.05, 4.69) is 4.42 Å². The maximum atomic E-state index is 10.2. The molecule has 42 valence electrons. The number of rotatable bonds is 1. The van der Waals surface area contributed by atoms with Gasteiger partial charge in [0, 0.05) is 0 Å². The highest BCUT2D eigenvalue weighted by Crippen LogP contribution is 1.97. The summed E-state index contributed by atoms with van der Waals surface area (Å²) in [5.41, 5.74) is -0.273. The van der Waals surface area contributed by atoms with E-state index in [0.717, 1.165) is 6.07 Å². The van der Waals surface area contributed by atoms with Crippen LogP contribution in [0, 0.1) is 0 Å². The quantitative estimate of drug-likeness (QED) is 0.592. The van der Waals surface area contributed by atoms with Gasteiger partial charge in [-0.15, -0.1) is 0 Å². The van der Waals surface area contributed by atoms with Crippen LogP contribution in [0.4, 0.5) is 0 Å². The van der Waals surface area contributed by atoms with Crippen LogP contribution in [0.2, 0.25) is 0 Å². The molecule has 1 aromatic rings. The van der Waals surface area contributed by atoms with Gasteiger partial charge >= 0.3 is 5.97 Å². The van der Waals surface area contributed by atoms with Gasteiger partial charge in [-0.25, -0.2) is 4.79 Å². The van der Waals surface area contributed by atoms with Gasteiger partial charge in [0.1, 0.15) is 8.98 Å². The van der Waals surface area contributed by atoms with E-state index < -0.39 is 12.2 Å². The number of carboxylic acids is 1. The Morgan fingerprint density at radius 3 is 3.00 bits per heavy atom. The molecule has 0 amide bonds. The smallest absolute Gasteiger partial charge is 0.338 e. The summed E-state index contributed by atoms with van der Waals surface area (Å²) in [6, 6.07) is 0.991. The highest BCUT2D eigenvalue weighted by atomic mass is 16.4. The molecular weight excluding hydrogens is 108 g/mol. The van der Waals surface area contributed by atoms with E-state index in [1.807, 2.05) is 0 Å². The minimum atomic E-state index is -1.24. The van der Waals surface area contributed by atoms with Crippen LogP contribution in [-0.4, -0.2) is 11.1 Å². The van der Waals surface area contributed by atoms with E-state index in [0.29, 0.717) is 0 Å². The maximum absolute atomic E-state index is 10.2. The molecule has 0 bridgehead atoms. The second-order valence-corrected chi connectivity index (χ2v) is 1.19. The highest BCUT2D eigenvalue weighted by molar-refractivity contribution is 5.86. The lowest BCUT2D eigenvalue weighted by Gasteiger charge is -1.77. The summed E-state index contributed by atoms with van der Waals surface area (Å²) in [6.07, 6.45) is -0.778. The first kappa shape index (κ1) is 2.91. The van der Waals surface area contributed by atoms with Crippen molar-refractivity contribution in [2.75, 3.05) is 0 Å². The first-order valence-electron chi connectivity index (χ1n) is 2.91. The molecule has 0 aliphatic carbocycles. The maximum Gasteiger partial charge on any atom is 0.338 e. The molecule has 0 spiro atoms. The lowest BCUT2D eigenvalue weighted by molar-refractivity contribution is 0.0696. The summed E-state index contributed by atoms with van der Waals surface area (Å²) in [5.74, 6) is -1.24. The Hall–Kier alpha value is -1.25. The predicted octanol–water partition coefficient (Wildman–Crippen LogP) is 0.978. The van der Waals surface area contributed by atoms with E-state index in [-0.39, 0.29) is 11.8 Å². The number of carbonyl (C=O) groups is 1. The normalized spacial score (nSPS) is 12.5. The largest absolute Gasteiger partial charge is 0.478 e. The van der Waals surface area contributed by atoms with Crippen molar-refractivity contribution in [2.45, 2.75) is 0 Å². The molecule has 8 heavy (non-hydrogen) atoms. The van der Waals surface area contributed by atoms with Crippen molar-refractivity contribution < 1.29 is 17.1 Å². The molecule has 0 fully saturated rings. The average molecular weight is 114 g/mol. The van der Waals surface area contributed by atoms with Crippen LogP contribution in [-0.2, 0) is 0 Å². The Morgan fingerprint density at radius 1 is 2.00 bits per heavy atom. The van der Waals surface area contributed by atoms with Crippen molar-refractivity contribution in [1.82, 2.24) is 0 Å². The lowest BCUT2D eigenvalue weighted by Crippen LogP contribution is -1.90. The summed E-state index contributed by atoms with van der Waals surface area (Å²) in [5, 5.41) is 8.32. The zero-order chi connectivity index (χ0) is 7.72. The molecule has 0 saturated carbocycles. The molecular formula is C5H4O3. The van der Waals surface area contributed by atoms with E-state index >= 15 is 0 Å². The fourth-order valence-corrected chi connectivity index (χ4v) is 0.308. The Bertz CT molecular complexity index is 266. The summed E-state index contributed by atoms with van der Waals surface area (Å²) in [4.78, 5) is 10.2. The Labute approximate surface area is 48.4 Å².